The number of aryl methyl sites for hydroxylation is 1. The van der Waals surface area contributed by atoms with Gasteiger partial charge in [0.15, 0.2) is 0 Å². The summed E-state index contributed by atoms with van der Waals surface area (Å²) in [4.78, 5) is 30.1. The Morgan fingerprint density at radius 2 is 1.78 bits per heavy atom. The van der Waals surface area contributed by atoms with Crippen LogP contribution in [0.25, 0.3) is 0 Å². The van der Waals surface area contributed by atoms with Gasteiger partial charge in [-0.05, 0) is 69.2 Å². The number of hydrogen-bond donors (Lipinski definition) is 0. The molecule has 6 heteroatoms. The van der Waals surface area contributed by atoms with Gasteiger partial charge in [0.05, 0.1) is 6.61 Å². The van der Waals surface area contributed by atoms with Crippen LogP contribution in [-0.2, 0) is 9.59 Å². The first-order valence-electron chi connectivity index (χ1n) is 12.4. The molecule has 1 aromatic carbocycles. The van der Waals surface area contributed by atoms with Crippen molar-refractivity contribution in [3.05, 3.63) is 28.8 Å². The minimum atomic E-state index is -0.346. The minimum absolute atomic E-state index is 0.209. The first kappa shape index (κ1) is 24.9. The second-order valence-corrected chi connectivity index (χ2v) is 10.1. The zero-order valence-corrected chi connectivity index (χ0v) is 20.6. The number of piperidine rings is 2. The van der Waals surface area contributed by atoms with Crippen LogP contribution in [0, 0.1) is 12.3 Å². The van der Waals surface area contributed by atoms with Crippen LogP contribution in [0.1, 0.15) is 76.7 Å². The van der Waals surface area contributed by atoms with Crippen LogP contribution < -0.4 is 4.74 Å². The number of rotatable bonds is 9. The molecule has 0 aliphatic carbocycles. The number of ether oxygens (including phenoxy) is 1. The Balaban J connectivity index is 1.72. The highest BCUT2D eigenvalue weighted by atomic mass is 35.5. The summed E-state index contributed by atoms with van der Waals surface area (Å²) in [5, 5.41) is 0.717. The van der Waals surface area contributed by atoms with Gasteiger partial charge in [0.25, 0.3) is 0 Å². The third kappa shape index (κ3) is 6.87. The number of benzene rings is 1. The van der Waals surface area contributed by atoms with Gasteiger partial charge in [-0.2, -0.15) is 0 Å². The average molecular weight is 463 g/mol. The van der Waals surface area contributed by atoms with Crippen molar-refractivity contribution in [2.75, 3.05) is 32.8 Å². The molecule has 0 radical (unpaired) electrons. The van der Waals surface area contributed by atoms with Gasteiger partial charge >= 0.3 is 0 Å². The van der Waals surface area contributed by atoms with Crippen molar-refractivity contribution in [3.8, 4) is 5.75 Å². The summed E-state index contributed by atoms with van der Waals surface area (Å²) in [5.74, 6) is 1.19. The van der Waals surface area contributed by atoms with E-state index in [1.165, 1.54) is 6.42 Å². The van der Waals surface area contributed by atoms with Crippen LogP contribution in [0.3, 0.4) is 0 Å². The van der Waals surface area contributed by atoms with E-state index in [0.29, 0.717) is 31.0 Å². The largest absolute Gasteiger partial charge is 0.493 e. The molecule has 2 fully saturated rings. The summed E-state index contributed by atoms with van der Waals surface area (Å²) in [6, 6.07) is 5.67. The van der Waals surface area contributed by atoms with E-state index < -0.39 is 0 Å². The zero-order valence-electron chi connectivity index (χ0n) is 19.8. The number of unbranched alkanes of at least 4 members (excludes halogenated alkanes) is 2. The Hall–Kier alpha value is -1.75. The number of carbonyl (C=O) groups excluding carboxylic acids is 2. The van der Waals surface area contributed by atoms with E-state index in [0.717, 1.165) is 75.9 Å². The third-order valence-electron chi connectivity index (χ3n) is 6.92. The summed E-state index contributed by atoms with van der Waals surface area (Å²) in [6.45, 7) is 7.64. The van der Waals surface area contributed by atoms with Gasteiger partial charge in [0.1, 0.15) is 5.75 Å². The molecule has 2 aliphatic heterocycles. The monoisotopic (exact) mass is 462 g/mol. The normalized spacial score (nSPS) is 21.5. The molecular formula is C26H39ClN2O3. The van der Waals surface area contributed by atoms with Gasteiger partial charge in [-0.15, -0.1) is 0 Å². The molecule has 0 aromatic heterocycles. The molecule has 1 unspecified atom stereocenters. The SMILES string of the molecule is CCCCCC(=O)N1CCCC(COc2ccc(Cl)c(C)c2)(CC(=O)N2CCCCC2)C1. The number of halogens is 1. The lowest BCUT2D eigenvalue weighted by Gasteiger charge is -2.43. The first-order valence-corrected chi connectivity index (χ1v) is 12.7. The predicted octanol–water partition coefficient (Wildman–Crippen LogP) is 5.62. The van der Waals surface area contributed by atoms with Gasteiger partial charge in [-0.25, -0.2) is 0 Å². The van der Waals surface area contributed by atoms with E-state index in [1.54, 1.807) is 0 Å². The molecular weight excluding hydrogens is 424 g/mol. The standard InChI is InChI=1S/C26H39ClN2O3/c1-3-4-6-10-24(30)29-16-9-13-26(19-29,18-25(31)28-14-7-5-8-15-28)20-32-22-11-12-23(27)21(2)17-22/h11-12,17H,3-10,13-16,18-20H2,1-2H3. The fourth-order valence-electron chi connectivity index (χ4n) is 4.94. The molecule has 0 spiro atoms. The van der Waals surface area contributed by atoms with E-state index in [1.807, 2.05) is 34.9 Å². The number of amides is 2. The van der Waals surface area contributed by atoms with Crippen LogP contribution in [0.4, 0.5) is 0 Å². The number of likely N-dealkylation sites (tertiary alicyclic amines) is 2. The smallest absolute Gasteiger partial charge is 0.223 e. The fourth-order valence-corrected chi connectivity index (χ4v) is 5.06. The summed E-state index contributed by atoms with van der Waals surface area (Å²) in [7, 11) is 0. The van der Waals surface area contributed by atoms with Crippen LogP contribution in [0.5, 0.6) is 5.75 Å². The minimum Gasteiger partial charge on any atom is -0.493 e. The summed E-state index contributed by atoms with van der Waals surface area (Å²) >= 11 is 6.17. The maximum absolute atomic E-state index is 13.2. The van der Waals surface area contributed by atoms with Crippen molar-refractivity contribution in [2.24, 2.45) is 5.41 Å². The first-order chi connectivity index (χ1) is 15.4. The summed E-state index contributed by atoms with van der Waals surface area (Å²) in [6.07, 6.45) is 9.35. The molecule has 2 aliphatic rings. The Bertz CT molecular complexity index is 778. The molecule has 0 N–H and O–H groups in total. The molecule has 2 heterocycles. The Morgan fingerprint density at radius 1 is 1.03 bits per heavy atom. The topological polar surface area (TPSA) is 49.9 Å². The summed E-state index contributed by atoms with van der Waals surface area (Å²) in [5.41, 5.74) is 0.625. The molecule has 0 saturated carbocycles. The Labute approximate surface area is 198 Å². The maximum Gasteiger partial charge on any atom is 0.223 e. The van der Waals surface area contributed by atoms with Gasteiger partial charge < -0.3 is 14.5 Å². The van der Waals surface area contributed by atoms with Crippen molar-refractivity contribution in [2.45, 2.75) is 78.1 Å². The number of hydrogen-bond acceptors (Lipinski definition) is 3. The molecule has 32 heavy (non-hydrogen) atoms. The van der Waals surface area contributed by atoms with Gasteiger partial charge in [0, 0.05) is 49.5 Å². The highest BCUT2D eigenvalue weighted by molar-refractivity contribution is 6.31. The van der Waals surface area contributed by atoms with Crippen molar-refractivity contribution < 1.29 is 14.3 Å². The molecule has 1 aromatic rings. The van der Waals surface area contributed by atoms with Crippen molar-refractivity contribution in [1.82, 2.24) is 9.80 Å². The van der Waals surface area contributed by atoms with Gasteiger partial charge in [-0.3, -0.25) is 9.59 Å². The van der Waals surface area contributed by atoms with E-state index in [-0.39, 0.29) is 17.2 Å². The lowest BCUT2D eigenvalue weighted by molar-refractivity contribution is -0.142. The van der Waals surface area contributed by atoms with Crippen LogP contribution in [0.2, 0.25) is 5.02 Å². The second kappa shape index (κ2) is 11.9. The predicted molar refractivity (Wildman–Crippen MR) is 129 cm³/mol. The molecule has 0 bridgehead atoms. The molecule has 3 rings (SSSR count). The van der Waals surface area contributed by atoms with E-state index >= 15 is 0 Å². The van der Waals surface area contributed by atoms with Crippen molar-refractivity contribution in [1.29, 1.82) is 0 Å². The van der Waals surface area contributed by atoms with Crippen LogP contribution >= 0.6 is 11.6 Å². The number of nitrogens with zero attached hydrogens (tertiary/aromatic N) is 2. The molecule has 5 nitrogen and oxygen atoms in total. The average Bonchev–Trinajstić information content (AvgIpc) is 2.81. The molecule has 2 saturated heterocycles. The van der Waals surface area contributed by atoms with E-state index in [9.17, 15) is 9.59 Å². The van der Waals surface area contributed by atoms with Crippen LogP contribution in [0.15, 0.2) is 18.2 Å². The second-order valence-electron chi connectivity index (χ2n) is 9.69. The lowest BCUT2D eigenvalue weighted by atomic mass is 9.77. The Kier molecular flexibility index (Phi) is 9.27. The van der Waals surface area contributed by atoms with Crippen molar-refractivity contribution in [3.63, 3.8) is 0 Å². The van der Waals surface area contributed by atoms with E-state index in [2.05, 4.69) is 6.92 Å². The zero-order chi connectivity index (χ0) is 23.0. The third-order valence-corrected chi connectivity index (χ3v) is 7.34. The van der Waals surface area contributed by atoms with Crippen molar-refractivity contribution >= 4 is 23.4 Å². The van der Waals surface area contributed by atoms with E-state index in [4.69, 9.17) is 16.3 Å². The maximum atomic E-state index is 13.2. The number of carbonyl (C=O) groups is 2. The highest BCUT2D eigenvalue weighted by Gasteiger charge is 2.40. The fraction of sp³-hybridized carbons (Fsp3) is 0.692. The highest BCUT2D eigenvalue weighted by Crippen LogP contribution is 2.36. The van der Waals surface area contributed by atoms with Gasteiger partial charge in [-0.1, -0.05) is 31.4 Å². The molecule has 178 valence electrons. The van der Waals surface area contributed by atoms with Crippen LogP contribution in [-0.4, -0.2) is 54.4 Å². The molecule has 1 atom stereocenters. The lowest BCUT2D eigenvalue weighted by Crippen LogP contribution is -2.51. The summed E-state index contributed by atoms with van der Waals surface area (Å²) < 4.78 is 6.23. The van der Waals surface area contributed by atoms with Gasteiger partial charge in [0.2, 0.25) is 11.8 Å². The molecule has 2 amide bonds. The quantitative estimate of drug-likeness (QED) is 0.447. The Morgan fingerprint density at radius 3 is 2.50 bits per heavy atom.